The number of nitrogens with zero attached hydrogens (tertiary/aromatic N) is 3. The van der Waals surface area contributed by atoms with Crippen molar-refractivity contribution in [3.63, 3.8) is 0 Å². The van der Waals surface area contributed by atoms with Crippen molar-refractivity contribution in [2.75, 3.05) is 39.9 Å². The molecule has 0 amide bonds. The summed E-state index contributed by atoms with van der Waals surface area (Å²) in [4.78, 5) is 12.7. The summed E-state index contributed by atoms with van der Waals surface area (Å²) in [5, 5.41) is 10.3. The molecule has 0 aliphatic carbocycles. The molecule has 30 heavy (non-hydrogen) atoms. The molecule has 6 nitrogen and oxygen atoms in total. The number of halogens is 1. The molecule has 3 heterocycles. The highest BCUT2D eigenvalue weighted by Crippen LogP contribution is 2.25. The number of hydrogen-bond acceptors (Lipinski definition) is 5. The van der Waals surface area contributed by atoms with Crippen LogP contribution in [0.4, 0.5) is 0 Å². The average molecular weight is 537 g/mol. The van der Waals surface area contributed by atoms with Gasteiger partial charge in [0.15, 0.2) is 5.96 Å². The van der Waals surface area contributed by atoms with Gasteiger partial charge in [0, 0.05) is 49.7 Å². The molecule has 1 aliphatic rings. The van der Waals surface area contributed by atoms with Crippen LogP contribution in [0.1, 0.15) is 16.5 Å². The highest BCUT2D eigenvalue weighted by atomic mass is 127. The largest absolute Gasteiger partial charge is 0.379 e. The number of morpholine rings is 1. The lowest BCUT2D eigenvalue weighted by molar-refractivity contribution is 0.0177. The Labute approximate surface area is 198 Å². The maximum absolute atomic E-state index is 5.54. The molecular weight excluding hydrogens is 509 g/mol. The Bertz CT molecular complexity index is 938. The number of fused-ring (bicyclic) bond motifs is 1. The fourth-order valence-corrected chi connectivity index (χ4v) is 4.54. The van der Waals surface area contributed by atoms with Crippen molar-refractivity contribution in [1.29, 1.82) is 0 Å². The number of rotatable bonds is 6. The standard InChI is InChI=1S/C22H27N5OS.HI/c1-23-22(25-15-17-8-9-24-19-6-3-2-5-18(17)19)26-16-20(21-7-4-14-29-21)27-10-12-28-13-11-27;/h2-9,14,20H,10-13,15-16H2,1H3,(H2,23,25,26);1H. The second-order valence-corrected chi connectivity index (χ2v) is 7.95. The molecule has 0 bridgehead atoms. The maximum atomic E-state index is 5.54. The summed E-state index contributed by atoms with van der Waals surface area (Å²) in [6, 6.07) is 14.9. The summed E-state index contributed by atoms with van der Waals surface area (Å²) in [6.45, 7) is 5.01. The van der Waals surface area contributed by atoms with Crippen LogP contribution in [0, 0.1) is 0 Å². The zero-order chi connectivity index (χ0) is 19.9. The van der Waals surface area contributed by atoms with Crippen molar-refractivity contribution >= 4 is 52.2 Å². The lowest BCUT2D eigenvalue weighted by atomic mass is 10.1. The normalized spacial score (nSPS) is 16.1. The van der Waals surface area contributed by atoms with Gasteiger partial charge in [-0.25, -0.2) is 0 Å². The number of aliphatic imine (C=N–C) groups is 1. The molecule has 1 aromatic carbocycles. The number of para-hydroxylation sites is 1. The van der Waals surface area contributed by atoms with Gasteiger partial charge in [-0.3, -0.25) is 14.9 Å². The smallest absolute Gasteiger partial charge is 0.191 e. The van der Waals surface area contributed by atoms with Crippen molar-refractivity contribution in [2.24, 2.45) is 4.99 Å². The molecular formula is C22H28IN5OS. The molecule has 0 saturated carbocycles. The monoisotopic (exact) mass is 537 g/mol. The third kappa shape index (κ3) is 5.69. The van der Waals surface area contributed by atoms with Crippen LogP contribution in [0.2, 0.25) is 0 Å². The van der Waals surface area contributed by atoms with Gasteiger partial charge in [-0.2, -0.15) is 0 Å². The van der Waals surface area contributed by atoms with E-state index in [2.05, 4.69) is 61.2 Å². The molecule has 1 aliphatic heterocycles. The minimum atomic E-state index is 0. The van der Waals surface area contributed by atoms with Crippen LogP contribution in [0.3, 0.4) is 0 Å². The molecule has 1 unspecified atom stereocenters. The van der Waals surface area contributed by atoms with Crippen LogP contribution in [0.25, 0.3) is 10.9 Å². The van der Waals surface area contributed by atoms with Crippen LogP contribution in [0.15, 0.2) is 59.0 Å². The van der Waals surface area contributed by atoms with Crippen LogP contribution in [-0.4, -0.2) is 55.7 Å². The predicted molar refractivity (Wildman–Crippen MR) is 135 cm³/mol. The molecule has 1 fully saturated rings. The first-order valence-corrected chi connectivity index (χ1v) is 10.9. The molecule has 1 saturated heterocycles. The van der Waals surface area contributed by atoms with Gasteiger partial charge in [-0.05, 0) is 29.1 Å². The number of nitrogens with one attached hydrogen (secondary N) is 2. The minimum Gasteiger partial charge on any atom is -0.379 e. The lowest BCUT2D eigenvalue weighted by Crippen LogP contribution is -2.46. The van der Waals surface area contributed by atoms with E-state index in [9.17, 15) is 0 Å². The van der Waals surface area contributed by atoms with Crippen molar-refractivity contribution in [2.45, 2.75) is 12.6 Å². The van der Waals surface area contributed by atoms with Gasteiger partial charge in [0.1, 0.15) is 0 Å². The van der Waals surface area contributed by atoms with E-state index in [1.54, 1.807) is 11.3 Å². The second kappa shape index (κ2) is 11.6. The van der Waals surface area contributed by atoms with Gasteiger partial charge < -0.3 is 15.4 Å². The molecule has 3 aromatic rings. The first-order chi connectivity index (χ1) is 14.3. The van der Waals surface area contributed by atoms with Crippen LogP contribution in [-0.2, 0) is 11.3 Å². The van der Waals surface area contributed by atoms with E-state index in [1.807, 2.05) is 25.4 Å². The van der Waals surface area contributed by atoms with Crippen molar-refractivity contribution in [1.82, 2.24) is 20.5 Å². The Morgan fingerprint density at radius 2 is 2.00 bits per heavy atom. The molecule has 2 N–H and O–H groups in total. The van der Waals surface area contributed by atoms with Gasteiger partial charge in [0.25, 0.3) is 0 Å². The van der Waals surface area contributed by atoms with Crippen molar-refractivity contribution in [3.05, 3.63) is 64.5 Å². The van der Waals surface area contributed by atoms with E-state index < -0.39 is 0 Å². The van der Waals surface area contributed by atoms with E-state index in [0.29, 0.717) is 12.6 Å². The molecule has 2 aromatic heterocycles. The fraction of sp³-hybridized carbons (Fsp3) is 0.364. The quantitative estimate of drug-likeness (QED) is 0.286. The molecule has 4 rings (SSSR count). The SMILES string of the molecule is CN=C(NCc1ccnc2ccccc12)NCC(c1cccs1)N1CCOCC1.I. The van der Waals surface area contributed by atoms with Crippen LogP contribution in [0.5, 0.6) is 0 Å². The summed E-state index contributed by atoms with van der Waals surface area (Å²) in [7, 11) is 1.81. The number of guanidine groups is 1. The summed E-state index contributed by atoms with van der Waals surface area (Å²) < 4.78 is 5.54. The Morgan fingerprint density at radius 1 is 1.17 bits per heavy atom. The Kier molecular flexibility index (Phi) is 8.86. The molecule has 8 heteroatoms. The maximum Gasteiger partial charge on any atom is 0.191 e. The van der Waals surface area contributed by atoms with E-state index in [1.165, 1.54) is 15.8 Å². The van der Waals surface area contributed by atoms with E-state index in [0.717, 1.165) is 44.3 Å². The number of thiophene rings is 1. The minimum absolute atomic E-state index is 0. The van der Waals surface area contributed by atoms with Gasteiger partial charge in [0.2, 0.25) is 0 Å². The van der Waals surface area contributed by atoms with Crippen LogP contribution >= 0.6 is 35.3 Å². The zero-order valence-electron chi connectivity index (χ0n) is 17.1. The Hall–Kier alpha value is -1.75. The first kappa shape index (κ1) is 22.9. The van der Waals surface area contributed by atoms with Gasteiger partial charge in [-0.1, -0.05) is 24.3 Å². The van der Waals surface area contributed by atoms with Gasteiger partial charge in [0.05, 0.1) is 24.8 Å². The second-order valence-electron chi connectivity index (χ2n) is 6.97. The van der Waals surface area contributed by atoms with Gasteiger partial charge >= 0.3 is 0 Å². The summed E-state index contributed by atoms with van der Waals surface area (Å²) >= 11 is 1.81. The lowest BCUT2D eigenvalue weighted by Gasteiger charge is -2.34. The molecule has 1 atom stereocenters. The predicted octanol–water partition coefficient (Wildman–Crippen LogP) is 3.65. The number of aromatic nitrogens is 1. The molecule has 160 valence electrons. The number of hydrogen-bond donors (Lipinski definition) is 2. The zero-order valence-corrected chi connectivity index (χ0v) is 20.2. The highest BCUT2D eigenvalue weighted by molar-refractivity contribution is 14.0. The summed E-state index contributed by atoms with van der Waals surface area (Å²) in [5.41, 5.74) is 2.22. The number of ether oxygens (including phenoxy) is 1. The topological polar surface area (TPSA) is 61.8 Å². The molecule has 0 spiro atoms. The van der Waals surface area contributed by atoms with E-state index in [4.69, 9.17) is 4.74 Å². The number of pyridine rings is 1. The Morgan fingerprint density at radius 3 is 2.77 bits per heavy atom. The molecule has 0 radical (unpaired) electrons. The third-order valence-corrected chi connectivity index (χ3v) is 6.20. The van der Waals surface area contributed by atoms with Crippen LogP contribution < -0.4 is 10.6 Å². The summed E-state index contributed by atoms with van der Waals surface area (Å²) in [5.74, 6) is 0.806. The average Bonchev–Trinajstić information content (AvgIpc) is 3.31. The van der Waals surface area contributed by atoms with E-state index in [-0.39, 0.29) is 24.0 Å². The third-order valence-electron chi connectivity index (χ3n) is 5.23. The summed E-state index contributed by atoms with van der Waals surface area (Å²) in [6.07, 6.45) is 1.86. The fourth-order valence-electron chi connectivity index (χ4n) is 3.68. The highest BCUT2D eigenvalue weighted by Gasteiger charge is 2.23. The first-order valence-electron chi connectivity index (χ1n) is 9.97. The van der Waals surface area contributed by atoms with Crippen molar-refractivity contribution in [3.8, 4) is 0 Å². The number of benzene rings is 1. The van der Waals surface area contributed by atoms with Crippen molar-refractivity contribution < 1.29 is 4.74 Å². The Balaban J connectivity index is 0.00000256. The van der Waals surface area contributed by atoms with E-state index >= 15 is 0 Å². The van der Waals surface area contributed by atoms with Gasteiger partial charge in [-0.15, -0.1) is 35.3 Å².